The summed E-state index contributed by atoms with van der Waals surface area (Å²) in [6.07, 6.45) is 19.0. The second kappa shape index (κ2) is 16.9. The first-order valence-electron chi connectivity index (χ1n) is 13.2. The van der Waals surface area contributed by atoms with E-state index >= 15 is 0 Å². The maximum atomic E-state index is 12.0. The molecule has 0 aromatic heterocycles. The Balaban J connectivity index is 1.63. The summed E-state index contributed by atoms with van der Waals surface area (Å²) in [7, 11) is 0. The summed E-state index contributed by atoms with van der Waals surface area (Å²) in [6.45, 7) is 3.58. The molecule has 2 saturated carbocycles. The highest BCUT2D eigenvalue weighted by molar-refractivity contribution is 5.69. The van der Waals surface area contributed by atoms with Gasteiger partial charge in [0, 0.05) is 32.2 Å². The minimum atomic E-state index is -0.319. The van der Waals surface area contributed by atoms with E-state index in [-0.39, 0.29) is 31.4 Å². The highest BCUT2D eigenvalue weighted by Gasteiger charge is 2.17. The van der Waals surface area contributed by atoms with Gasteiger partial charge in [-0.15, -0.1) is 0 Å². The molecule has 31 heavy (non-hydrogen) atoms. The molecule has 2 aliphatic rings. The Morgan fingerprint density at radius 1 is 0.871 bits per heavy atom. The van der Waals surface area contributed by atoms with Gasteiger partial charge in [-0.1, -0.05) is 71.1 Å². The second-order valence-electron chi connectivity index (χ2n) is 9.97. The predicted octanol–water partition coefficient (Wildman–Crippen LogP) is 6.02. The molecule has 1 unspecified atom stereocenters. The molecule has 0 aliphatic heterocycles. The fraction of sp³-hybridized carbons (Fsp3) is 0.962. The van der Waals surface area contributed by atoms with Crippen LogP contribution in [0.2, 0.25) is 0 Å². The van der Waals surface area contributed by atoms with E-state index in [0.717, 1.165) is 24.7 Å². The number of hydrogen-bond donors (Lipinski definition) is 1. The Hall–Kier alpha value is -0.650. The summed E-state index contributed by atoms with van der Waals surface area (Å²) in [5.74, 6) is 1.49. The topological polar surface area (TPSA) is 65.0 Å². The van der Waals surface area contributed by atoms with E-state index in [2.05, 4.69) is 0 Å². The molecule has 0 aromatic rings. The summed E-state index contributed by atoms with van der Waals surface area (Å²) < 4.78 is 17.3. The van der Waals surface area contributed by atoms with Gasteiger partial charge >= 0.3 is 5.97 Å². The van der Waals surface area contributed by atoms with E-state index in [1.54, 1.807) is 0 Å². The van der Waals surface area contributed by atoms with Crippen LogP contribution in [0, 0.1) is 17.8 Å². The van der Waals surface area contributed by atoms with Gasteiger partial charge in [-0.3, -0.25) is 4.79 Å². The normalized spacial score (nSPS) is 19.6. The van der Waals surface area contributed by atoms with E-state index in [4.69, 9.17) is 19.3 Å². The van der Waals surface area contributed by atoms with Gasteiger partial charge in [0.15, 0.2) is 6.29 Å². The molecule has 2 aliphatic carbocycles. The van der Waals surface area contributed by atoms with Crippen molar-refractivity contribution in [1.82, 2.24) is 0 Å². The number of carbonyl (C=O) groups excluding carboxylic acids is 1. The summed E-state index contributed by atoms with van der Waals surface area (Å²) in [4.78, 5) is 12.0. The van der Waals surface area contributed by atoms with Crippen molar-refractivity contribution in [1.29, 1.82) is 0 Å². The molecule has 182 valence electrons. The van der Waals surface area contributed by atoms with Crippen molar-refractivity contribution in [3.63, 3.8) is 0 Å². The van der Waals surface area contributed by atoms with Crippen LogP contribution in [0.3, 0.4) is 0 Å². The first-order valence-corrected chi connectivity index (χ1v) is 13.2. The molecule has 2 rings (SSSR count). The molecular weight excluding hydrogens is 392 g/mol. The zero-order chi connectivity index (χ0) is 22.2. The molecule has 0 heterocycles. The molecular formula is C26H48O5. The standard InChI is InChI=1S/C26H48O5/c1-22(20-27)21-31-25(28)16-17-26(29-18-8-14-23-10-4-2-5-11-23)30-19-9-15-24-12-6-3-7-13-24/h22-24,26-27H,2-21H2,1H3. The molecule has 0 saturated heterocycles. The first-order chi connectivity index (χ1) is 15.2. The molecule has 0 radical (unpaired) electrons. The largest absolute Gasteiger partial charge is 0.465 e. The molecule has 0 aromatic carbocycles. The number of ether oxygens (including phenoxy) is 3. The third-order valence-corrected chi connectivity index (χ3v) is 7.00. The lowest BCUT2D eigenvalue weighted by Gasteiger charge is -2.23. The fourth-order valence-corrected chi connectivity index (χ4v) is 4.94. The lowest BCUT2D eigenvalue weighted by Crippen LogP contribution is -2.22. The second-order valence-corrected chi connectivity index (χ2v) is 9.97. The summed E-state index contributed by atoms with van der Waals surface area (Å²) in [6, 6.07) is 0. The number of aliphatic hydroxyl groups excluding tert-OH is 1. The van der Waals surface area contributed by atoms with E-state index in [1.165, 1.54) is 77.0 Å². The minimum absolute atomic E-state index is 0.0215. The van der Waals surface area contributed by atoms with Crippen LogP contribution in [0.1, 0.15) is 110 Å². The monoisotopic (exact) mass is 440 g/mol. The summed E-state index contributed by atoms with van der Waals surface area (Å²) >= 11 is 0. The maximum Gasteiger partial charge on any atom is 0.305 e. The average molecular weight is 441 g/mol. The smallest absolute Gasteiger partial charge is 0.305 e. The Kier molecular flexibility index (Phi) is 14.5. The van der Waals surface area contributed by atoms with Gasteiger partial charge in [0.25, 0.3) is 0 Å². The molecule has 5 heteroatoms. The number of esters is 1. The van der Waals surface area contributed by atoms with Crippen LogP contribution in [-0.2, 0) is 19.0 Å². The van der Waals surface area contributed by atoms with Gasteiger partial charge in [-0.2, -0.15) is 0 Å². The van der Waals surface area contributed by atoms with E-state index in [1.807, 2.05) is 6.92 Å². The summed E-state index contributed by atoms with van der Waals surface area (Å²) in [5, 5.41) is 9.06. The van der Waals surface area contributed by atoms with Gasteiger partial charge < -0.3 is 19.3 Å². The SMILES string of the molecule is CC(CO)COC(=O)CCC(OCCCC1CCCCC1)OCCCC1CCCCC1. The molecule has 0 spiro atoms. The maximum absolute atomic E-state index is 12.0. The Bertz CT molecular complexity index is 417. The van der Waals surface area contributed by atoms with Crippen LogP contribution >= 0.6 is 0 Å². The lowest BCUT2D eigenvalue weighted by molar-refractivity contribution is -0.160. The van der Waals surface area contributed by atoms with Crippen LogP contribution in [0.4, 0.5) is 0 Å². The van der Waals surface area contributed by atoms with Crippen LogP contribution in [0.25, 0.3) is 0 Å². The van der Waals surface area contributed by atoms with Gasteiger partial charge in [-0.05, 0) is 37.5 Å². The van der Waals surface area contributed by atoms with Crippen LogP contribution in [0.15, 0.2) is 0 Å². The lowest BCUT2D eigenvalue weighted by atomic mass is 9.86. The molecule has 1 N–H and O–H groups in total. The minimum Gasteiger partial charge on any atom is -0.465 e. The Morgan fingerprint density at radius 3 is 1.87 bits per heavy atom. The average Bonchev–Trinajstić information content (AvgIpc) is 2.82. The van der Waals surface area contributed by atoms with Crippen LogP contribution < -0.4 is 0 Å². The van der Waals surface area contributed by atoms with Crippen LogP contribution in [0.5, 0.6) is 0 Å². The van der Waals surface area contributed by atoms with Crippen molar-refractivity contribution in [3.8, 4) is 0 Å². The molecule has 0 amide bonds. The van der Waals surface area contributed by atoms with E-state index < -0.39 is 0 Å². The van der Waals surface area contributed by atoms with Crippen molar-refractivity contribution < 1.29 is 24.1 Å². The highest BCUT2D eigenvalue weighted by Crippen LogP contribution is 2.28. The molecule has 1 atom stereocenters. The predicted molar refractivity (Wildman–Crippen MR) is 124 cm³/mol. The first kappa shape index (κ1) is 26.6. The van der Waals surface area contributed by atoms with Gasteiger partial charge in [0.05, 0.1) is 13.0 Å². The van der Waals surface area contributed by atoms with E-state index in [0.29, 0.717) is 26.1 Å². The highest BCUT2D eigenvalue weighted by atomic mass is 16.7. The van der Waals surface area contributed by atoms with Gasteiger partial charge in [0.1, 0.15) is 0 Å². The van der Waals surface area contributed by atoms with Crippen molar-refractivity contribution in [3.05, 3.63) is 0 Å². The van der Waals surface area contributed by atoms with Gasteiger partial charge in [-0.25, -0.2) is 0 Å². The zero-order valence-corrected chi connectivity index (χ0v) is 20.0. The third kappa shape index (κ3) is 12.8. The third-order valence-electron chi connectivity index (χ3n) is 7.00. The zero-order valence-electron chi connectivity index (χ0n) is 20.0. The number of hydrogen-bond acceptors (Lipinski definition) is 5. The summed E-state index contributed by atoms with van der Waals surface area (Å²) in [5.41, 5.74) is 0. The van der Waals surface area contributed by atoms with Crippen molar-refractivity contribution in [2.45, 2.75) is 116 Å². The molecule has 0 bridgehead atoms. The van der Waals surface area contributed by atoms with Crippen molar-refractivity contribution in [2.24, 2.45) is 17.8 Å². The number of aliphatic hydroxyl groups is 1. The van der Waals surface area contributed by atoms with Crippen molar-refractivity contribution >= 4 is 5.97 Å². The number of carbonyl (C=O) groups is 1. The fourth-order valence-electron chi connectivity index (χ4n) is 4.94. The number of rotatable bonds is 16. The van der Waals surface area contributed by atoms with Crippen molar-refractivity contribution in [2.75, 3.05) is 26.4 Å². The quantitative estimate of drug-likeness (QED) is 0.181. The van der Waals surface area contributed by atoms with Crippen LogP contribution in [-0.4, -0.2) is 43.8 Å². The Labute approximate surface area is 190 Å². The Morgan fingerprint density at radius 2 is 1.39 bits per heavy atom. The molecule has 2 fully saturated rings. The van der Waals surface area contributed by atoms with E-state index in [9.17, 15) is 4.79 Å². The molecule has 5 nitrogen and oxygen atoms in total. The van der Waals surface area contributed by atoms with Gasteiger partial charge in [0.2, 0.25) is 0 Å².